The summed E-state index contributed by atoms with van der Waals surface area (Å²) >= 11 is 0. The van der Waals surface area contributed by atoms with Gasteiger partial charge in [-0.1, -0.05) is 0 Å². The van der Waals surface area contributed by atoms with Crippen molar-refractivity contribution in [2.24, 2.45) is 0 Å². The zero-order valence-corrected chi connectivity index (χ0v) is 5.96. The molecule has 0 fully saturated rings. The SMILES string of the molecule is CC(OCC=N)OCC=N. The van der Waals surface area contributed by atoms with Gasteiger partial charge < -0.3 is 20.3 Å². The van der Waals surface area contributed by atoms with E-state index in [-0.39, 0.29) is 19.5 Å². The molecule has 0 saturated heterocycles. The fourth-order valence-corrected chi connectivity index (χ4v) is 0.415. The molecule has 0 aliphatic heterocycles. The van der Waals surface area contributed by atoms with Crippen molar-refractivity contribution in [1.29, 1.82) is 10.8 Å². The maximum Gasteiger partial charge on any atom is 0.155 e. The number of ether oxygens (including phenoxy) is 2. The van der Waals surface area contributed by atoms with Gasteiger partial charge in [0.05, 0.1) is 13.2 Å². The van der Waals surface area contributed by atoms with E-state index < -0.39 is 0 Å². The van der Waals surface area contributed by atoms with Crippen LogP contribution in [0.15, 0.2) is 0 Å². The molecule has 58 valence electrons. The van der Waals surface area contributed by atoms with E-state index in [4.69, 9.17) is 20.3 Å². The van der Waals surface area contributed by atoms with Gasteiger partial charge in [0.15, 0.2) is 6.29 Å². The van der Waals surface area contributed by atoms with Crippen LogP contribution in [0.4, 0.5) is 0 Å². The molecule has 0 amide bonds. The van der Waals surface area contributed by atoms with E-state index in [1.165, 1.54) is 0 Å². The second-order valence-corrected chi connectivity index (χ2v) is 1.64. The van der Waals surface area contributed by atoms with Crippen LogP contribution in [0.25, 0.3) is 0 Å². The second kappa shape index (κ2) is 6.38. The van der Waals surface area contributed by atoms with Crippen LogP contribution >= 0.6 is 0 Å². The lowest BCUT2D eigenvalue weighted by molar-refractivity contribution is -0.106. The van der Waals surface area contributed by atoms with Crippen molar-refractivity contribution >= 4 is 12.4 Å². The Morgan fingerprint density at radius 3 is 1.90 bits per heavy atom. The molecule has 0 aromatic rings. The molecule has 0 aliphatic rings. The average Bonchev–Trinajstić information content (AvgIpc) is 1.97. The van der Waals surface area contributed by atoms with Gasteiger partial charge in [0.2, 0.25) is 0 Å². The first-order valence-electron chi connectivity index (χ1n) is 3.02. The van der Waals surface area contributed by atoms with Gasteiger partial charge in [-0.05, 0) is 6.92 Å². The molecule has 4 nitrogen and oxygen atoms in total. The van der Waals surface area contributed by atoms with Crippen molar-refractivity contribution in [3.8, 4) is 0 Å². The molecule has 0 aliphatic carbocycles. The van der Waals surface area contributed by atoms with Gasteiger partial charge in [0, 0.05) is 12.4 Å². The molecule has 0 aromatic heterocycles. The molecular weight excluding hydrogens is 132 g/mol. The number of nitrogens with one attached hydrogen (secondary N) is 2. The van der Waals surface area contributed by atoms with Crippen LogP contribution in [0.1, 0.15) is 6.92 Å². The summed E-state index contributed by atoms with van der Waals surface area (Å²) in [5.74, 6) is 0. The van der Waals surface area contributed by atoms with E-state index in [1.807, 2.05) is 0 Å². The average molecular weight is 144 g/mol. The summed E-state index contributed by atoms with van der Waals surface area (Å²) < 4.78 is 9.85. The maximum atomic E-state index is 6.62. The van der Waals surface area contributed by atoms with Crippen molar-refractivity contribution in [2.45, 2.75) is 13.2 Å². The lowest BCUT2D eigenvalue weighted by Gasteiger charge is -2.09. The van der Waals surface area contributed by atoms with Gasteiger partial charge in [-0.15, -0.1) is 0 Å². The number of hydrogen-bond donors (Lipinski definition) is 2. The Hall–Kier alpha value is -0.740. The van der Waals surface area contributed by atoms with Crippen LogP contribution in [-0.4, -0.2) is 31.9 Å². The van der Waals surface area contributed by atoms with Gasteiger partial charge in [0.25, 0.3) is 0 Å². The van der Waals surface area contributed by atoms with Gasteiger partial charge in [-0.25, -0.2) is 0 Å². The Kier molecular flexibility index (Phi) is 5.91. The van der Waals surface area contributed by atoms with E-state index in [0.29, 0.717) is 0 Å². The van der Waals surface area contributed by atoms with Crippen LogP contribution < -0.4 is 0 Å². The van der Waals surface area contributed by atoms with E-state index in [9.17, 15) is 0 Å². The van der Waals surface area contributed by atoms with Crippen LogP contribution in [0.5, 0.6) is 0 Å². The molecule has 0 atom stereocenters. The molecule has 0 saturated carbocycles. The quantitative estimate of drug-likeness (QED) is 0.425. The Morgan fingerprint density at radius 2 is 1.60 bits per heavy atom. The van der Waals surface area contributed by atoms with E-state index in [0.717, 1.165) is 12.4 Å². The smallest absolute Gasteiger partial charge is 0.155 e. The summed E-state index contributed by atoms with van der Waals surface area (Å²) in [6.07, 6.45) is 1.98. The molecule has 0 rings (SSSR count). The first-order valence-corrected chi connectivity index (χ1v) is 3.02. The topological polar surface area (TPSA) is 66.2 Å². The Balaban J connectivity index is 3.15. The van der Waals surface area contributed by atoms with Gasteiger partial charge in [-0.3, -0.25) is 0 Å². The van der Waals surface area contributed by atoms with Crippen LogP contribution in [0, 0.1) is 10.8 Å². The lowest BCUT2D eigenvalue weighted by Crippen LogP contribution is -2.15. The summed E-state index contributed by atoms with van der Waals surface area (Å²) in [7, 11) is 0. The molecule has 10 heavy (non-hydrogen) atoms. The fraction of sp³-hybridized carbons (Fsp3) is 0.667. The molecule has 0 radical (unpaired) electrons. The van der Waals surface area contributed by atoms with E-state index in [2.05, 4.69) is 0 Å². The molecule has 4 heteroatoms. The minimum atomic E-state index is -0.330. The molecule has 0 aromatic carbocycles. The number of hydrogen-bond acceptors (Lipinski definition) is 4. The highest BCUT2D eigenvalue weighted by Gasteiger charge is 1.97. The molecular formula is C6H12N2O2. The van der Waals surface area contributed by atoms with Crippen LogP contribution in [-0.2, 0) is 9.47 Å². The van der Waals surface area contributed by atoms with Crippen LogP contribution in [0.2, 0.25) is 0 Å². The Bertz CT molecular complexity index is 93.9. The predicted octanol–water partition coefficient (Wildman–Crippen LogP) is 0.665. The monoisotopic (exact) mass is 144 g/mol. The minimum Gasteiger partial charge on any atom is -0.347 e. The third kappa shape index (κ3) is 5.40. The van der Waals surface area contributed by atoms with Crippen molar-refractivity contribution < 1.29 is 9.47 Å². The first-order chi connectivity index (χ1) is 4.81. The summed E-state index contributed by atoms with van der Waals surface area (Å²) in [6, 6.07) is 0. The normalized spacial score (nSPS) is 12.5. The summed E-state index contributed by atoms with van der Waals surface area (Å²) in [6.45, 7) is 2.26. The van der Waals surface area contributed by atoms with Gasteiger partial charge in [0.1, 0.15) is 0 Å². The maximum absolute atomic E-state index is 6.62. The van der Waals surface area contributed by atoms with Crippen molar-refractivity contribution in [1.82, 2.24) is 0 Å². The summed E-state index contributed by atoms with van der Waals surface area (Å²) in [5.41, 5.74) is 0. The van der Waals surface area contributed by atoms with Crippen molar-refractivity contribution in [2.75, 3.05) is 13.2 Å². The molecule has 2 N–H and O–H groups in total. The Labute approximate surface area is 60.2 Å². The lowest BCUT2D eigenvalue weighted by atomic mass is 10.7. The fourth-order valence-electron chi connectivity index (χ4n) is 0.415. The molecule has 0 bridgehead atoms. The molecule has 0 heterocycles. The first kappa shape index (κ1) is 9.26. The highest BCUT2D eigenvalue weighted by Crippen LogP contribution is 1.89. The second-order valence-electron chi connectivity index (χ2n) is 1.64. The predicted molar refractivity (Wildman–Crippen MR) is 38.9 cm³/mol. The standard InChI is InChI=1S/C6H12N2O2/c1-6(9-4-2-7)10-5-3-8/h2-3,6-8H,4-5H2,1H3. The third-order valence-corrected chi connectivity index (χ3v) is 0.829. The van der Waals surface area contributed by atoms with Gasteiger partial charge in [-0.2, -0.15) is 0 Å². The van der Waals surface area contributed by atoms with E-state index in [1.54, 1.807) is 6.92 Å². The van der Waals surface area contributed by atoms with Gasteiger partial charge >= 0.3 is 0 Å². The summed E-state index contributed by atoms with van der Waals surface area (Å²) in [4.78, 5) is 0. The molecule has 0 unspecified atom stereocenters. The zero-order chi connectivity index (χ0) is 7.82. The van der Waals surface area contributed by atoms with Crippen molar-refractivity contribution in [3.63, 3.8) is 0 Å². The van der Waals surface area contributed by atoms with Crippen molar-refractivity contribution in [3.05, 3.63) is 0 Å². The van der Waals surface area contributed by atoms with E-state index >= 15 is 0 Å². The minimum absolute atomic E-state index is 0.263. The highest BCUT2D eigenvalue weighted by atomic mass is 16.7. The third-order valence-electron chi connectivity index (χ3n) is 0.829. The molecule has 0 spiro atoms. The number of rotatable bonds is 6. The largest absolute Gasteiger partial charge is 0.347 e. The van der Waals surface area contributed by atoms with Crippen LogP contribution in [0.3, 0.4) is 0 Å². The summed E-state index contributed by atoms with van der Waals surface area (Å²) in [5, 5.41) is 13.2. The Morgan fingerprint density at radius 1 is 1.20 bits per heavy atom. The highest BCUT2D eigenvalue weighted by molar-refractivity contribution is 5.54. The zero-order valence-electron chi connectivity index (χ0n) is 5.96.